The molecule has 0 radical (unpaired) electrons. The zero-order valence-corrected chi connectivity index (χ0v) is 14.9. The first-order chi connectivity index (χ1) is 13.5. The fourth-order valence-electron chi connectivity index (χ4n) is 3.11. The van der Waals surface area contributed by atoms with E-state index in [0.29, 0.717) is 29.9 Å². The van der Waals surface area contributed by atoms with Crippen LogP contribution in [0.15, 0.2) is 58.3 Å². The number of nitrogens with zero attached hydrogens (tertiary/aromatic N) is 5. The second-order valence-corrected chi connectivity index (χ2v) is 6.30. The van der Waals surface area contributed by atoms with Crippen molar-refractivity contribution >= 4 is 10.9 Å². The van der Waals surface area contributed by atoms with Gasteiger partial charge in [-0.3, -0.25) is 9.36 Å². The summed E-state index contributed by atoms with van der Waals surface area (Å²) in [7, 11) is 0. The summed E-state index contributed by atoms with van der Waals surface area (Å²) in [4.78, 5) is 24.3. The van der Waals surface area contributed by atoms with Gasteiger partial charge < -0.3 is 5.21 Å². The van der Waals surface area contributed by atoms with Gasteiger partial charge in [-0.1, -0.05) is 28.1 Å². The highest BCUT2D eigenvalue weighted by Crippen LogP contribution is 2.20. The largest absolute Gasteiger partial charge is 0.421 e. The summed E-state index contributed by atoms with van der Waals surface area (Å²) in [6.45, 7) is 2.48. The summed E-state index contributed by atoms with van der Waals surface area (Å²) in [6, 6.07) is 11.0. The van der Waals surface area contributed by atoms with Crippen molar-refractivity contribution in [2.24, 2.45) is 0 Å². The predicted molar refractivity (Wildman–Crippen MR) is 99.8 cm³/mol. The lowest BCUT2D eigenvalue weighted by atomic mass is 10.1. The van der Waals surface area contributed by atoms with Gasteiger partial charge in [-0.2, -0.15) is 0 Å². The summed E-state index contributed by atoms with van der Waals surface area (Å²) in [5.74, 6) is -0.306. The van der Waals surface area contributed by atoms with Gasteiger partial charge in [-0.05, 0) is 36.8 Å². The monoisotopic (exact) mass is 381 g/mol. The van der Waals surface area contributed by atoms with Gasteiger partial charge in [0.05, 0.1) is 23.6 Å². The van der Waals surface area contributed by atoms with Crippen LogP contribution >= 0.6 is 0 Å². The van der Waals surface area contributed by atoms with Crippen LogP contribution in [0.5, 0.6) is 0 Å². The van der Waals surface area contributed by atoms with Crippen LogP contribution in [0.4, 0.5) is 4.39 Å². The Bertz CT molecular complexity index is 1290. The van der Waals surface area contributed by atoms with E-state index < -0.39 is 11.2 Å². The van der Waals surface area contributed by atoms with E-state index in [0.717, 1.165) is 5.56 Å². The molecule has 4 aromatic rings. The van der Waals surface area contributed by atoms with Crippen molar-refractivity contribution in [2.75, 3.05) is 0 Å². The van der Waals surface area contributed by atoms with Gasteiger partial charge in [0.25, 0.3) is 5.56 Å². The molecular formula is C19H16FN5O3. The average molecular weight is 381 g/mol. The number of hydrogen-bond donors (Lipinski definition) is 1. The summed E-state index contributed by atoms with van der Waals surface area (Å²) in [5, 5.41) is 18.2. The molecule has 0 fully saturated rings. The molecule has 0 saturated heterocycles. The molecule has 1 N–H and O–H groups in total. The fourth-order valence-corrected chi connectivity index (χ4v) is 3.11. The van der Waals surface area contributed by atoms with Gasteiger partial charge in [-0.15, -0.1) is 5.10 Å². The van der Waals surface area contributed by atoms with Crippen molar-refractivity contribution in [3.8, 4) is 11.3 Å². The molecule has 0 saturated carbocycles. The third kappa shape index (κ3) is 2.96. The highest BCUT2D eigenvalue weighted by atomic mass is 19.1. The Hall–Kier alpha value is -3.75. The van der Waals surface area contributed by atoms with E-state index in [1.54, 1.807) is 48.1 Å². The maximum Gasteiger partial charge on any atom is 0.364 e. The third-order valence-electron chi connectivity index (χ3n) is 4.53. The Morgan fingerprint density at radius 2 is 1.86 bits per heavy atom. The SMILES string of the molecule is CCn1c(=O)n(O)c(=O)c2cc(-c3cn(Cc4ccc(F)cc4)nn3)ccc21. The number of benzene rings is 2. The van der Waals surface area contributed by atoms with Crippen LogP contribution in [-0.4, -0.2) is 29.5 Å². The Morgan fingerprint density at radius 1 is 1.11 bits per heavy atom. The van der Waals surface area contributed by atoms with Crippen molar-refractivity contribution in [3.05, 3.63) is 80.9 Å². The van der Waals surface area contributed by atoms with Crippen molar-refractivity contribution in [1.82, 2.24) is 24.3 Å². The van der Waals surface area contributed by atoms with E-state index in [2.05, 4.69) is 10.3 Å². The zero-order valence-electron chi connectivity index (χ0n) is 14.9. The smallest absolute Gasteiger partial charge is 0.364 e. The quantitative estimate of drug-likeness (QED) is 0.545. The number of halogens is 1. The zero-order chi connectivity index (χ0) is 19.8. The molecule has 0 aliphatic heterocycles. The number of aryl methyl sites for hydroxylation is 1. The van der Waals surface area contributed by atoms with Crippen molar-refractivity contribution < 1.29 is 9.60 Å². The fraction of sp³-hybridized carbons (Fsp3) is 0.158. The van der Waals surface area contributed by atoms with Crippen LogP contribution in [0.3, 0.4) is 0 Å². The summed E-state index contributed by atoms with van der Waals surface area (Å²) in [5.41, 5.74) is 0.887. The lowest BCUT2D eigenvalue weighted by Crippen LogP contribution is -2.38. The molecular weight excluding hydrogens is 365 g/mol. The van der Waals surface area contributed by atoms with Crippen molar-refractivity contribution in [1.29, 1.82) is 0 Å². The molecule has 8 nitrogen and oxygen atoms in total. The van der Waals surface area contributed by atoms with Gasteiger partial charge in [0.1, 0.15) is 11.5 Å². The topological polar surface area (TPSA) is 94.9 Å². The predicted octanol–water partition coefficient (Wildman–Crippen LogP) is 1.87. The van der Waals surface area contributed by atoms with Gasteiger partial charge in [-0.25, -0.2) is 13.9 Å². The van der Waals surface area contributed by atoms with E-state index in [1.165, 1.54) is 16.7 Å². The Labute approximate surface area is 157 Å². The summed E-state index contributed by atoms with van der Waals surface area (Å²) < 4.78 is 16.0. The molecule has 28 heavy (non-hydrogen) atoms. The number of hydrogen-bond acceptors (Lipinski definition) is 5. The maximum absolute atomic E-state index is 13.0. The average Bonchev–Trinajstić information content (AvgIpc) is 3.17. The minimum absolute atomic E-state index is 0.112. The number of rotatable bonds is 4. The van der Waals surface area contributed by atoms with Gasteiger partial charge >= 0.3 is 5.69 Å². The Kier molecular flexibility index (Phi) is 4.26. The normalized spacial score (nSPS) is 11.2. The summed E-state index contributed by atoms with van der Waals surface area (Å²) in [6.07, 6.45) is 1.71. The van der Waals surface area contributed by atoms with Gasteiger partial charge in [0.15, 0.2) is 0 Å². The van der Waals surface area contributed by atoms with Crippen LogP contribution in [0.25, 0.3) is 22.2 Å². The maximum atomic E-state index is 13.0. The first-order valence-corrected chi connectivity index (χ1v) is 8.61. The molecule has 4 rings (SSSR count). The second-order valence-electron chi connectivity index (χ2n) is 6.30. The van der Waals surface area contributed by atoms with E-state index >= 15 is 0 Å². The van der Waals surface area contributed by atoms with E-state index in [1.807, 2.05) is 0 Å². The van der Waals surface area contributed by atoms with Gasteiger partial charge in [0, 0.05) is 12.1 Å². The minimum Gasteiger partial charge on any atom is -0.421 e. The molecule has 2 aromatic heterocycles. The Morgan fingerprint density at radius 3 is 2.57 bits per heavy atom. The molecule has 0 bridgehead atoms. The molecule has 0 unspecified atom stereocenters. The minimum atomic E-state index is -0.787. The molecule has 2 heterocycles. The molecule has 0 spiro atoms. The molecule has 9 heteroatoms. The van der Waals surface area contributed by atoms with E-state index in [4.69, 9.17) is 0 Å². The highest BCUT2D eigenvalue weighted by molar-refractivity contribution is 5.83. The lowest BCUT2D eigenvalue weighted by Gasteiger charge is -2.09. The first kappa shape index (κ1) is 17.7. The molecule has 0 aliphatic carbocycles. The molecule has 142 valence electrons. The van der Waals surface area contributed by atoms with Crippen LogP contribution in [0.1, 0.15) is 12.5 Å². The van der Waals surface area contributed by atoms with Gasteiger partial charge in [0.2, 0.25) is 0 Å². The van der Waals surface area contributed by atoms with E-state index in [9.17, 15) is 19.2 Å². The Balaban J connectivity index is 1.74. The number of aromatic nitrogens is 5. The number of fused-ring (bicyclic) bond motifs is 1. The van der Waals surface area contributed by atoms with Crippen LogP contribution < -0.4 is 11.2 Å². The van der Waals surface area contributed by atoms with E-state index in [-0.39, 0.29) is 15.9 Å². The molecule has 0 aliphatic rings. The van der Waals surface area contributed by atoms with Crippen LogP contribution in [0.2, 0.25) is 0 Å². The standard InChI is InChI=1S/C19H16FN5O3/c1-2-24-17-8-5-13(9-15(17)18(26)25(28)19(24)27)16-11-23(22-21-16)10-12-3-6-14(20)7-4-12/h3-9,11,28H,2,10H2,1H3. The lowest BCUT2D eigenvalue weighted by molar-refractivity contribution is 0.157. The van der Waals surface area contributed by atoms with Crippen LogP contribution in [-0.2, 0) is 13.1 Å². The molecule has 2 aromatic carbocycles. The second kappa shape index (κ2) is 6.76. The first-order valence-electron chi connectivity index (χ1n) is 8.61. The van der Waals surface area contributed by atoms with Crippen LogP contribution in [0, 0.1) is 5.82 Å². The van der Waals surface area contributed by atoms with Crippen molar-refractivity contribution in [2.45, 2.75) is 20.0 Å². The van der Waals surface area contributed by atoms with Crippen molar-refractivity contribution in [3.63, 3.8) is 0 Å². The molecule has 0 amide bonds. The summed E-state index contributed by atoms with van der Waals surface area (Å²) >= 11 is 0. The highest BCUT2D eigenvalue weighted by Gasteiger charge is 2.13. The molecule has 0 atom stereocenters. The third-order valence-corrected chi connectivity index (χ3v) is 4.53.